The molecule has 0 aromatic carbocycles. The number of halogens is 1. The summed E-state index contributed by atoms with van der Waals surface area (Å²) in [5, 5.41) is 0. The number of ether oxygens (including phenoxy) is 1. The van der Waals surface area contributed by atoms with E-state index in [1.165, 1.54) is 0 Å². The summed E-state index contributed by atoms with van der Waals surface area (Å²) in [7, 11) is 2.08. The van der Waals surface area contributed by atoms with Crippen LogP contribution in [0.4, 0.5) is 0 Å². The van der Waals surface area contributed by atoms with Crippen molar-refractivity contribution in [1.29, 1.82) is 0 Å². The molecule has 1 aliphatic heterocycles. The standard InChI is InChI=1S/C9H14ClN3O/c1-13-2-3-14-8(6-13)9-11-5-7(4-10)12-9/h5,8H,2-4,6H2,1H3,(H,11,12). The van der Waals surface area contributed by atoms with E-state index in [2.05, 4.69) is 21.9 Å². The minimum absolute atomic E-state index is 0.0608. The first-order chi connectivity index (χ1) is 6.79. The number of aromatic amines is 1. The first kappa shape index (κ1) is 9.96. The monoisotopic (exact) mass is 215 g/mol. The van der Waals surface area contributed by atoms with Crippen molar-refractivity contribution < 1.29 is 4.74 Å². The molecule has 14 heavy (non-hydrogen) atoms. The normalized spacial score (nSPS) is 24.0. The largest absolute Gasteiger partial charge is 0.368 e. The first-order valence-corrected chi connectivity index (χ1v) is 5.23. The highest BCUT2D eigenvalue weighted by Gasteiger charge is 2.21. The number of nitrogens with one attached hydrogen (secondary N) is 1. The number of H-pyrrole nitrogens is 1. The van der Waals surface area contributed by atoms with E-state index < -0.39 is 0 Å². The van der Waals surface area contributed by atoms with Crippen LogP contribution in [-0.2, 0) is 10.6 Å². The van der Waals surface area contributed by atoms with Gasteiger partial charge in [-0.1, -0.05) is 0 Å². The number of rotatable bonds is 2. The molecule has 1 aromatic rings. The van der Waals surface area contributed by atoms with E-state index in [1.807, 2.05) is 0 Å². The molecule has 1 saturated heterocycles. The summed E-state index contributed by atoms with van der Waals surface area (Å²) >= 11 is 5.69. The minimum Gasteiger partial charge on any atom is -0.368 e. The molecule has 0 spiro atoms. The maximum Gasteiger partial charge on any atom is 0.136 e. The lowest BCUT2D eigenvalue weighted by atomic mass is 10.3. The molecule has 0 radical (unpaired) electrons. The zero-order valence-corrected chi connectivity index (χ0v) is 8.92. The molecule has 0 bridgehead atoms. The fraction of sp³-hybridized carbons (Fsp3) is 0.667. The number of hydrogen-bond donors (Lipinski definition) is 1. The Balaban J connectivity index is 2.06. The van der Waals surface area contributed by atoms with Gasteiger partial charge in [-0.25, -0.2) is 4.98 Å². The maximum absolute atomic E-state index is 5.69. The van der Waals surface area contributed by atoms with E-state index in [0.29, 0.717) is 5.88 Å². The fourth-order valence-corrected chi connectivity index (χ4v) is 1.69. The summed E-state index contributed by atoms with van der Waals surface area (Å²) in [6, 6.07) is 0. The molecule has 0 aliphatic carbocycles. The zero-order chi connectivity index (χ0) is 9.97. The van der Waals surface area contributed by atoms with Crippen LogP contribution >= 0.6 is 11.6 Å². The fourth-order valence-electron chi connectivity index (χ4n) is 1.55. The van der Waals surface area contributed by atoms with Crippen LogP contribution < -0.4 is 0 Å². The number of morpholine rings is 1. The average molecular weight is 216 g/mol. The van der Waals surface area contributed by atoms with Gasteiger partial charge in [-0.15, -0.1) is 11.6 Å². The number of hydrogen-bond acceptors (Lipinski definition) is 3. The third-order valence-electron chi connectivity index (χ3n) is 2.37. The molecule has 78 valence electrons. The first-order valence-electron chi connectivity index (χ1n) is 4.69. The Kier molecular flexibility index (Phi) is 3.05. The second-order valence-corrected chi connectivity index (χ2v) is 3.82. The summed E-state index contributed by atoms with van der Waals surface area (Å²) in [4.78, 5) is 9.65. The lowest BCUT2D eigenvalue weighted by Crippen LogP contribution is -2.35. The van der Waals surface area contributed by atoms with E-state index in [9.17, 15) is 0 Å². The molecule has 5 heteroatoms. The van der Waals surface area contributed by atoms with Crippen molar-refractivity contribution in [1.82, 2.24) is 14.9 Å². The molecule has 1 unspecified atom stereocenters. The molecule has 2 heterocycles. The molecule has 1 atom stereocenters. The van der Waals surface area contributed by atoms with Gasteiger partial charge < -0.3 is 14.6 Å². The van der Waals surface area contributed by atoms with Gasteiger partial charge in [0, 0.05) is 25.0 Å². The third-order valence-corrected chi connectivity index (χ3v) is 2.65. The van der Waals surface area contributed by atoms with Crippen LogP contribution in [0.25, 0.3) is 0 Å². The highest BCUT2D eigenvalue weighted by molar-refractivity contribution is 6.16. The van der Waals surface area contributed by atoms with E-state index in [-0.39, 0.29) is 6.10 Å². The van der Waals surface area contributed by atoms with Crippen molar-refractivity contribution in [3.63, 3.8) is 0 Å². The van der Waals surface area contributed by atoms with Crippen molar-refractivity contribution in [3.05, 3.63) is 17.7 Å². The molecule has 1 fully saturated rings. The summed E-state index contributed by atoms with van der Waals surface area (Å²) in [6.45, 7) is 2.63. The molecule has 4 nitrogen and oxygen atoms in total. The van der Waals surface area contributed by atoms with E-state index in [1.54, 1.807) is 6.20 Å². The lowest BCUT2D eigenvalue weighted by molar-refractivity contribution is -0.0251. The van der Waals surface area contributed by atoms with Gasteiger partial charge in [-0.05, 0) is 7.05 Å². The SMILES string of the molecule is CN1CCOC(c2ncc(CCl)[nH]2)C1. The molecule has 2 rings (SSSR count). The Bertz CT molecular complexity index is 302. The molecule has 1 aliphatic rings. The Morgan fingerprint density at radius 1 is 1.79 bits per heavy atom. The maximum atomic E-state index is 5.69. The predicted molar refractivity (Wildman–Crippen MR) is 54.3 cm³/mol. The molecular weight excluding hydrogens is 202 g/mol. The minimum atomic E-state index is 0.0608. The number of alkyl halides is 1. The third kappa shape index (κ3) is 2.08. The summed E-state index contributed by atoms with van der Waals surface area (Å²) in [5.74, 6) is 1.35. The Labute approximate surface area is 88.2 Å². The summed E-state index contributed by atoms with van der Waals surface area (Å²) in [6.07, 6.45) is 1.83. The van der Waals surface area contributed by atoms with Crippen molar-refractivity contribution >= 4 is 11.6 Å². The van der Waals surface area contributed by atoms with Gasteiger partial charge in [0.05, 0.1) is 12.5 Å². The summed E-state index contributed by atoms with van der Waals surface area (Å²) in [5.41, 5.74) is 0.943. The Hall–Kier alpha value is -0.580. The lowest BCUT2D eigenvalue weighted by Gasteiger charge is -2.28. The van der Waals surface area contributed by atoms with Crippen LogP contribution in [0.5, 0.6) is 0 Å². The topological polar surface area (TPSA) is 41.1 Å². The van der Waals surface area contributed by atoms with Crippen LogP contribution in [-0.4, -0.2) is 41.6 Å². The van der Waals surface area contributed by atoms with Crippen molar-refractivity contribution in [2.45, 2.75) is 12.0 Å². The van der Waals surface area contributed by atoms with Gasteiger partial charge in [0.2, 0.25) is 0 Å². The van der Waals surface area contributed by atoms with Gasteiger partial charge in [0.15, 0.2) is 0 Å². The predicted octanol–water partition coefficient (Wildman–Crippen LogP) is 1.15. The molecule has 0 amide bonds. The second kappa shape index (κ2) is 4.29. The van der Waals surface area contributed by atoms with Gasteiger partial charge in [-0.2, -0.15) is 0 Å². The van der Waals surface area contributed by atoms with Crippen LogP contribution in [0.2, 0.25) is 0 Å². The van der Waals surface area contributed by atoms with Crippen LogP contribution in [0.15, 0.2) is 6.20 Å². The van der Waals surface area contributed by atoms with Gasteiger partial charge in [0.25, 0.3) is 0 Å². The number of imidazole rings is 1. The Morgan fingerprint density at radius 3 is 3.29 bits per heavy atom. The molecule has 1 N–H and O–H groups in total. The quantitative estimate of drug-likeness (QED) is 0.753. The summed E-state index contributed by atoms with van der Waals surface area (Å²) < 4.78 is 5.61. The van der Waals surface area contributed by atoms with Crippen molar-refractivity contribution in [2.24, 2.45) is 0 Å². The van der Waals surface area contributed by atoms with Gasteiger partial charge in [0.1, 0.15) is 11.9 Å². The van der Waals surface area contributed by atoms with Crippen LogP contribution in [0.3, 0.4) is 0 Å². The highest BCUT2D eigenvalue weighted by Crippen LogP contribution is 2.18. The van der Waals surface area contributed by atoms with Crippen LogP contribution in [0.1, 0.15) is 17.6 Å². The van der Waals surface area contributed by atoms with Crippen LogP contribution in [0, 0.1) is 0 Å². The van der Waals surface area contributed by atoms with E-state index >= 15 is 0 Å². The molecule has 0 saturated carbocycles. The molecular formula is C9H14ClN3O. The smallest absolute Gasteiger partial charge is 0.136 e. The average Bonchev–Trinajstić information content (AvgIpc) is 2.66. The second-order valence-electron chi connectivity index (χ2n) is 3.55. The van der Waals surface area contributed by atoms with Gasteiger partial charge >= 0.3 is 0 Å². The van der Waals surface area contributed by atoms with E-state index in [0.717, 1.165) is 31.2 Å². The van der Waals surface area contributed by atoms with Crippen molar-refractivity contribution in [3.8, 4) is 0 Å². The zero-order valence-electron chi connectivity index (χ0n) is 8.16. The number of aromatic nitrogens is 2. The number of likely N-dealkylation sites (N-methyl/N-ethyl adjacent to an activating group) is 1. The number of nitrogens with zero attached hydrogens (tertiary/aromatic N) is 2. The highest BCUT2D eigenvalue weighted by atomic mass is 35.5. The van der Waals surface area contributed by atoms with Gasteiger partial charge in [-0.3, -0.25) is 0 Å². The van der Waals surface area contributed by atoms with E-state index in [4.69, 9.17) is 16.3 Å². The van der Waals surface area contributed by atoms with Crippen molar-refractivity contribution in [2.75, 3.05) is 26.7 Å². The molecule has 1 aromatic heterocycles. The Morgan fingerprint density at radius 2 is 2.64 bits per heavy atom.